The van der Waals surface area contributed by atoms with Gasteiger partial charge in [-0.05, 0) is 0 Å². The maximum atomic E-state index is 13.5. The van der Waals surface area contributed by atoms with E-state index in [-0.39, 0.29) is 3.57 Å². The monoisotopic (exact) mass is 500 g/mol. The molecule has 0 saturated heterocycles. The molecule has 0 bridgehead atoms. The summed E-state index contributed by atoms with van der Waals surface area (Å²) >= 11 is -3.54. The summed E-state index contributed by atoms with van der Waals surface area (Å²) in [5, 5.41) is 0. The summed E-state index contributed by atoms with van der Waals surface area (Å²) in [5.41, 5.74) is -4.82. The van der Waals surface area contributed by atoms with Crippen LogP contribution >= 0.6 is 20.2 Å². The SMILES string of the molecule is COc1ccc(C#CI2OC(C(F)(F)F)(C(F)(F)F)c3ccccc32)cc1. The Kier molecular flexibility index (Phi) is 5.07. The average molecular weight is 500 g/mol. The number of halogens is 7. The van der Waals surface area contributed by atoms with Gasteiger partial charge in [0, 0.05) is 0 Å². The number of hydrogen-bond acceptors (Lipinski definition) is 2. The Morgan fingerprint density at radius 1 is 0.926 bits per heavy atom. The van der Waals surface area contributed by atoms with E-state index in [1.54, 1.807) is 24.3 Å². The fraction of sp³-hybridized carbons (Fsp3) is 0.222. The fourth-order valence-electron chi connectivity index (χ4n) is 2.49. The molecule has 0 atom stereocenters. The molecule has 0 unspecified atom stereocenters. The van der Waals surface area contributed by atoms with Crippen LogP contribution in [0.4, 0.5) is 26.3 Å². The van der Waals surface area contributed by atoms with Crippen molar-refractivity contribution in [3.63, 3.8) is 0 Å². The first-order valence-corrected chi connectivity index (χ1v) is 10.4. The fourth-order valence-corrected chi connectivity index (χ4v) is 6.70. The quantitative estimate of drug-likeness (QED) is 0.287. The van der Waals surface area contributed by atoms with E-state index in [4.69, 9.17) is 7.80 Å². The predicted molar refractivity (Wildman–Crippen MR) is 93.9 cm³/mol. The summed E-state index contributed by atoms with van der Waals surface area (Å²) in [4.78, 5) is 0. The van der Waals surface area contributed by atoms with Crippen molar-refractivity contribution in [1.82, 2.24) is 0 Å². The molecule has 0 saturated carbocycles. The maximum absolute atomic E-state index is 13.5. The summed E-state index contributed by atoms with van der Waals surface area (Å²) in [6, 6.07) is 10.8. The molecule has 0 amide bonds. The molecule has 0 N–H and O–H groups in total. The summed E-state index contributed by atoms with van der Waals surface area (Å²) in [6.45, 7) is 0. The van der Waals surface area contributed by atoms with E-state index in [0.29, 0.717) is 11.3 Å². The van der Waals surface area contributed by atoms with Crippen LogP contribution in [0.15, 0.2) is 48.5 Å². The van der Waals surface area contributed by atoms with E-state index in [0.717, 1.165) is 12.1 Å². The van der Waals surface area contributed by atoms with E-state index in [2.05, 4.69) is 9.85 Å². The van der Waals surface area contributed by atoms with E-state index >= 15 is 0 Å². The first-order valence-electron chi connectivity index (χ1n) is 7.38. The van der Waals surface area contributed by atoms with E-state index < -0.39 is 43.8 Å². The Hall–Kier alpha value is -1.93. The van der Waals surface area contributed by atoms with Crippen LogP contribution in [0.3, 0.4) is 0 Å². The van der Waals surface area contributed by atoms with Crippen molar-refractivity contribution >= 4 is 20.2 Å². The van der Waals surface area contributed by atoms with Gasteiger partial charge in [-0.25, -0.2) is 0 Å². The number of alkyl halides is 6. The summed E-state index contributed by atoms with van der Waals surface area (Å²) in [6.07, 6.45) is -11.3. The average Bonchev–Trinajstić information content (AvgIpc) is 2.96. The van der Waals surface area contributed by atoms with Crippen molar-refractivity contribution in [3.8, 4) is 15.6 Å². The zero-order chi connectivity index (χ0) is 19.9. The van der Waals surface area contributed by atoms with Gasteiger partial charge in [0.1, 0.15) is 0 Å². The van der Waals surface area contributed by atoms with Crippen molar-refractivity contribution in [2.45, 2.75) is 18.0 Å². The Labute approximate surface area is 158 Å². The molecule has 2 aromatic rings. The third kappa shape index (κ3) is 3.36. The number of rotatable bonds is 1. The molecule has 0 fully saturated rings. The van der Waals surface area contributed by atoms with E-state index in [1.165, 1.54) is 19.2 Å². The van der Waals surface area contributed by atoms with Crippen molar-refractivity contribution < 1.29 is 34.1 Å². The molecule has 1 aliphatic heterocycles. The molecule has 144 valence electrons. The number of fused-ring (bicyclic) bond motifs is 1. The van der Waals surface area contributed by atoms with Crippen molar-refractivity contribution in [3.05, 3.63) is 63.2 Å². The molecule has 27 heavy (non-hydrogen) atoms. The minimum absolute atomic E-state index is 0.0997. The standard InChI is InChI=1S/C18H11F6IO2/c1-26-13-8-6-12(7-9-13)10-11-25-15-5-3-2-4-14(15)16(27-25,17(19,20)21)18(22,23)24/h2-9H,1H3. The van der Waals surface area contributed by atoms with Gasteiger partial charge in [0.2, 0.25) is 0 Å². The Morgan fingerprint density at radius 2 is 1.52 bits per heavy atom. The molecule has 1 aliphatic rings. The summed E-state index contributed by atoms with van der Waals surface area (Å²) in [5.74, 6) is 3.17. The van der Waals surface area contributed by atoms with Gasteiger partial charge >= 0.3 is 158 Å². The molecule has 0 radical (unpaired) electrons. The van der Waals surface area contributed by atoms with Gasteiger partial charge in [-0.3, -0.25) is 0 Å². The van der Waals surface area contributed by atoms with Gasteiger partial charge < -0.3 is 0 Å². The third-order valence-electron chi connectivity index (χ3n) is 3.80. The number of methoxy groups -OCH3 is 1. The first-order chi connectivity index (χ1) is 12.6. The Balaban J connectivity index is 2.06. The molecule has 0 aliphatic carbocycles. The molecular weight excluding hydrogens is 489 g/mol. The molecule has 1 heterocycles. The van der Waals surface area contributed by atoms with Gasteiger partial charge in [-0.1, -0.05) is 0 Å². The minimum atomic E-state index is -5.66. The second-order valence-corrected chi connectivity index (χ2v) is 8.99. The molecule has 0 aromatic heterocycles. The van der Waals surface area contributed by atoms with Crippen LogP contribution in [0.25, 0.3) is 0 Å². The molecule has 2 aromatic carbocycles. The molecule has 9 heteroatoms. The van der Waals surface area contributed by atoms with Crippen molar-refractivity contribution in [1.29, 1.82) is 0 Å². The Bertz CT molecular complexity index is 879. The Morgan fingerprint density at radius 3 is 2.07 bits per heavy atom. The van der Waals surface area contributed by atoms with Crippen molar-refractivity contribution in [2.24, 2.45) is 0 Å². The van der Waals surface area contributed by atoms with E-state index in [9.17, 15) is 26.3 Å². The van der Waals surface area contributed by atoms with Crippen LogP contribution in [-0.2, 0) is 8.67 Å². The third-order valence-corrected chi connectivity index (χ3v) is 7.65. The number of hydrogen-bond donors (Lipinski definition) is 0. The molecule has 3 rings (SSSR count). The van der Waals surface area contributed by atoms with Gasteiger partial charge in [0.05, 0.1) is 0 Å². The van der Waals surface area contributed by atoms with Crippen LogP contribution in [0, 0.1) is 13.4 Å². The topological polar surface area (TPSA) is 18.5 Å². The van der Waals surface area contributed by atoms with Gasteiger partial charge in [0.25, 0.3) is 0 Å². The molecule has 0 spiro atoms. The van der Waals surface area contributed by atoms with Gasteiger partial charge in [0.15, 0.2) is 0 Å². The second kappa shape index (κ2) is 6.91. The zero-order valence-electron chi connectivity index (χ0n) is 13.6. The molecule has 2 nitrogen and oxygen atoms in total. The molecular formula is C18H11F6IO2. The van der Waals surface area contributed by atoms with Crippen LogP contribution in [0.2, 0.25) is 0 Å². The van der Waals surface area contributed by atoms with Crippen LogP contribution in [0.5, 0.6) is 5.75 Å². The second-order valence-electron chi connectivity index (χ2n) is 5.43. The van der Waals surface area contributed by atoms with Crippen LogP contribution < -0.4 is 4.74 Å². The first kappa shape index (κ1) is 19.8. The number of ether oxygens (including phenoxy) is 1. The number of benzene rings is 2. The van der Waals surface area contributed by atoms with Crippen LogP contribution in [0.1, 0.15) is 11.1 Å². The van der Waals surface area contributed by atoms with E-state index in [1.807, 2.05) is 0 Å². The normalized spacial score (nSPS) is 17.1. The predicted octanol–water partition coefficient (Wildman–Crippen LogP) is 5.65. The summed E-state index contributed by atoms with van der Waals surface area (Å²) in [7, 11) is 1.46. The van der Waals surface area contributed by atoms with Gasteiger partial charge in [-0.2, -0.15) is 0 Å². The zero-order valence-corrected chi connectivity index (χ0v) is 15.7. The van der Waals surface area contributed by atoms with Gasteiger partial charge in [-0.15, -0.1) is 0 Å². The van der Waals surface area contributed by atoms with Crippen LogP contribution in [-0.4, -0.2) is 19.5 Å². The summed E-state index contributed by atoms with van der Waals surface area (Å²) < 4.78 is 93.3. The van der Waals surface area contributed by atoms with Crippen molar-refractivity contribution in [2.75, 3.05) is 7.11 Å².